The van der Waals surface area contributed by atoms with E-state index < -0.39 is 0 Å². The molecule has 1 aliphatic rings. The molecule has 3 heteroatoms. The van der Waals surface area contributed by atoms with Crippen LogP contribution in [0.3, 0.4) is 0 Å². The van der Waals surface area contributed by atoms with Crippen LogP contribution in [0.15, 0.2) is 0 Å². The van der Waals surface area contributed by atoms with Crippen LogP contribution in [0.1, 0.15) is 13.8 Å². The maximum absolute atomic E-state index is 10.8. The standard InChI is InChI=1S/C6H12N2O/c1-3-8-5(2)4-7-6(8)9/h5H,3-4H2,1-2H3,(H,7,9). The number of nitrogens with one attached hydrogen (secondary N) is 1. The first-order valence-corrected chi connectivity index (χ1v) is 3.30. The average molecular weight is 128 g/mol. The lowest BCUT2D eigenvalue weighted by atomic mass is 10.3. The van der Waals surface area contributed by atoms with E-state index in [0.717, 1.165) is 13.1 Å². The highest BCUT2D eigenvalue weighted by molar-refractivity contribution is 5.76. The summed E-state index contributed by atoms with van der Waals surface area (Å²) in [6.07, 6.45) is 0. The fourth-order valence-electron chi connectivity index (χ4n) is 1.10. The zero-order valence-corrected chi connectivity index (χ0v) is 5.85. The van der Waals surface area contributed by atoms with Crippen LogP contribution < -0.4 is 5.32 Å². The van der Waals surface area contributed by atoms with Gasteiger partial charge in [-0.2, -0.15) is 0 Å². The predicted molar refractivity (Wildman–Crippen MR) is 35.2 cm³/mol. The Bertz CT molecular complexity index is 124. The van der Waals surface area contributed by atoms with Crippen LogP contribution >= 0.6 is 0 Å². The molecule has 0 aliphatic carbocycles. The van der Waals surface area contributed by atoms with E-state index in [9.17, 15) is 4.79 Å². The van der Waals surface area contributed by atoms with Gasteiger partial charge in [0, 0.05) is 19.1 Å². The molecule has 1 fully saturated rings. The highest BCUT2D eigenvalue weighted by atomic mass is 16.2. The molecule has 1 aliphatic heterocycles. The summed E-state index contributed by atoms with van der Waals surface area (Å²) in [6, 6.07) is 0.451. The van der Waals surface area contributed by atoms with Gasteiger partial charge >= 0.3 is 6.03 Å². The topological polar surface area (TPSA) is 32.3 Å². The second-order valence-electron chi connectivity index (χ2n) is 2.32. The van der Waals surface area contributed by atoms with Gasteiger partial charge in [0.2, 0.25) is 0 Å². The van der Waals surface area contributed by atoms with Gasteiger partial charge in [-0.25, -0.2) is 4.79 Å². The minimum Gasteiger partial charge on any atom is -0.336 e. The van der Waals surface area contributed by atoms with Gasteiger partial charge < -0.3 is 10.2 Å². The van der Waals surface area contributed by atoms with Crippen molar-refractivity contribution in [3.8, 4) is 0 Å². The second-order valence-corrected chi connectivity index (χ2v) is 2.32. The maximum atomic E-state index is 10.8. The third-order valence-corrected chi connectivity index (χ3v) is 1.68. The van der Waals surface area contributed by atoms with E-state index in [4.69, 9.17) is 0 Å². The molecule has 1 N–H and O–H groups in total. The molecule has 0 saturated carbocycles. The number of hydrogen-bond acceptors (Lipinski definition) is 1. The molecule has 1 rings (SSSR count). The van der Waals surface area contributed by atoms with E-state index >= 15 is 0 Å². The van der Waals surface area contributed by atoms with E-state index in [1.165, 1.54) is 0 Å². The van der Waals surface area contributed by atoms with Crippen molar-refractivity contribution in [2.45, 2.75) is 19.9 Å². The van der Waals surface area contributed by atoms with E-state index in [2.05, 4.69) is 5.32 Å². The normalized spacial score (nSPS) is 26.7. The Kier molecular flexibility index (Phi) is 1.60. The molecular weight excluding hydrogens is 116 g/mol. The zero-order chi connectivity index (χ0) is 6.85. The third kappa shape index (κ3) is 0.992. The quantitative estimate of drug-likeness (QED) is 0.545. The molecule has 52 valence electrons. The van der Waals surface area contributed by atoms with Crippen molar-refractivity contribution >= 4 is 6.03 Å². The molecule has 0 aromatic rings. The Balaban J connectivity index is 2.55. The summed E-state index contributed by atoms with van der Waals surface area (Å²) in [5.41, 5.74) is 0. The summed E-state index contributed by atoms with van der Waals surface area (Å²) in [5, 5.41) is 2.76. The van der Waals surface area contributed by atoms with Crippen molar-refractivity contribution in [2.24, 2.45) is 0 Å². The summed E-state index contributed by atoms with van der Waals surface area (Å²) < 4.78 is 0. The van der Waals surface area contributed by atoms with Crippen LogP contribution in [0.25, 0.3) is 0 Å². The largest absolute Gasteiger partial charge is 0.336 e. The highest BCUT2D eigenvalue weighted by Crippen LogP contribution is 2.03. The van der Waals surface area contributed by atoms with Gasteiger partial charge in [0.05, 0.1) is 0 Å². The molecule has 0 aromatic heterocycles. The zero-order valence-electron chi connectivity index (χ0n) is 5.85. The van der Waals surface area contributed by atoms with Crippen molar-refractivity contribution < 1.29 is 4.79 Å². The number of carbonyl (C=O) groups excluding carboxylic acids is 1. The summed E-state index contributed by atoms with van der Waals surface area (Å²) in [6.45, 7) is 5.64. The minimum absolute atomic E-state index is 0.0741. The van der Waals surface area contributed by atoms with E-state index in [1.54, 1.807) is 0 Å². The lowest BCUT2D eigenvalue weighted by molar-refractivity contribution is 0.210. The molecular formula is C6H12N2O. The summed E-state index contributed by atoms with van der Waals surface area (Å²) >= 11 is 0. The fourth-order valence-corrected chi connectivity index (χ4v) is 1.10. The molecule has 2 amide bonds. The molecule has 0 spiro atoms. The van der Waals surface area contributed by atoms with Crippen molar-refractivity contribution in [1.82, 2.24) is 10.2 Å². The summed E-state index contributed by atoms with van der Waals surface area (Å²) in [7, 11) is 0. The third-order valence-electron chi connectivity index (χ3n) is 1.68. The van der Waals surface area contributed by atoms with Crippen LogP contribution in [-0.4, -0.2) is 30.1 Å². The molecule has 1 atom stereocenters. The Hall–Kier alpha value is -0.730. The van der Waals surface area contributed by atoms with Gasteiger partial charge in [0.25, 0.3) is 0 Å². The Labute approximate surface area is 55.0 Å². The van der Waals surface area contributed by atoms with Crippen LogP contribution in [-0.2, 0) is 0 Å². The Morgan fingerprint density at radius 1 is 1.89 bits per heavy atom. The number of hydrogen-bond donors (Lipinski definition) is 1. The lowest BCUT2D eigenvalue weighted by Gasteiger charge is -2.16. The molecule has 0 aromatic carbocycles. The highest BCUT2D eigenvalue weighted by Gasteiger charge is 2.24. The van der Waals surface area contributed by atoms with Gasteiger partial charge in [-0.1, -0.05) is 0 Å². The number of amides is 2. The molecule has 9 heavy (non-hydrogen) atoms. The van der Waals surface area contributed by atoms with Crippen LogP contribution in [0.2, 0.25) is 0 Å². The lowest BCUT2D eigenvalue weighted by Crippen LogP contribution is -2.31. The number of urea groups is 1. The fraction of sp³-hybridized carbons (Fsp3) is 0.833. The van der Waals surface area contributed by atoms with Gasteiger partial charge in [0.15, 0.2) is 0 Å². The Morgan fingerprint density at radius 3 is 2.78 bits per heavy atom. The molecule has 0 bridgehead atoms. The smallest absolute Gasteiger partial charge is 0.317 e. The SMILES string of the molecule is CCN1C(=O)NCC1C. The number of carbonyl (C=O) groups is 1. The van der Waals surface area contributed by atoms with E-state index in [-0.39, 0.29) is 6.03 Å². The monoisotopic (exact) mass is 128 g/mol. The van der Waals surface area contributed by atoms with Gasteiger partial charge in [-0.05, 0) is 13.8 Å². The maximum Gasteiger partial charge on any atom is 0.317 e. The van der Waals surface area contributed by atoms with Crippen molar-refractivity contribution in [1.29, 1.82) is 0 Å². The van der Waals surface area contributed by atoms with Crippen LogP contribution in [0.5, 0.6) is 0 Å². The number of likely N-dealkylation sites (N-methyl/N-ethyl adjacent to an activating group) is 1. The average Bonchev–Trinajstić information content (AvgIpc) is 2.12. The van der Waals surface area contributed by atoms with Crippen LogP contribution in [0, 0.1) is 0 Å². The number of rotatable bonds is 1. The molecule has 0 radical (unpaired) electrons. The second kappa shape index (κ2) is 2.25. The van der Waals surface area contributed by atoms with Gasteiger partial charge in [-0.3, -0.25) is 0 Å². The van der Waals surface area contributed by atoms with E-state index in [0.29, 0.717) is 6.04 Å². The predicted octanol–water partition coefficient (Wildman–Crippen LogP) is 0.420. The van der Waals surface area contributed by atoms with Crippen LogP contribution in [0.4, 0.5) is 4.79 Å². The van der Waals surface area contributed by atoms with Crippen molar-refractivity contribution in [3.63, 3.8) is 0 Å². The number of nitrogens with zero attached hydrogens (tertiary/aromatic N) is 1. The molecule has 3 nitrogen and oxygen atoms in total. The molecule has 1 heterocycles. The van der Waals surface area contributed by atoms with Crippen molar-refractivity contribution in [3.05, 3.63) is 0 Å². The molecule has 1 unspecified atom stereocenters. The first-order chi connectivity index (χ1) is 4.25. The Morgan fingerprint density at radius 2 is 2.56 bits per heavy atom. The minimum atomic E-state index is 0.0741. The van der Waals surface area contributed by atoms with Gasteiger partial charge in [0.1, 0.15) is 0 Å². The molecule has 1 saturated heterocycles. The van der Waals surface area contributed by atoms with Gasteiger partial charge in [-0.15, -0.1) is 0 Å². The van der Waals surface area contributed by atoms with Crippen molar-refractivity contribution in [2.75, 3.05) is 13.1 Å². The summed E-state index contributed by atoms with van der Waals surface area (Å²) in [5.74, 6) is 0. The first kappa shape index (κ1) is 6.39. The summed E-state index contributed by atoms with van der Waals surface area (Å²) in [4.78, 5) is 12.6. The van der Waals surface area contributed by atoms with E-state index in [1.807, 2.05) is 18.7 Å². The first-order valence-electron chi connectivity index (χ1n) is 3.30.